The van der Waals surface area contributed by atoms with Gasteiger partial charge >= 0.3 is 6.01 Å². The molecule has 0 amide bonds. The monoisotopic (exact) mass is 272 g/mol. The average molecular weight is 273 g/mol. The van der Waals surface area contributed by atoms with Crippen LogP contribution in [0.5, 0.6) is 6.01 Å². The van der Waals surface area contributed by atoms with E-state index in [1.165, 1.54) is 0 Å². The number of ether oxygens (including phenoxy) is 2. The zero-order valence-corrected chi connectivity index (χ0v) is 11.4. The molecule has 1 aliphatic rings. The van der Waals surface area contributed by atoms with Crippen molar-refractivity contribution < 1.29 is 9.47 Å². The molecular weight excluding hydrogens is 256 g/mol. The van der Waals surface area contributed by atoms with Crippen LogP contribution < -0.4 is 9.64 Å². The lowest BCUT2D eigenvalue weighted by Crippen LogP contribution is -2.37. The first kappa shape index (κ1) is 13.3. The number of aromatic nitrogens is 3. The van der Waals surface area contributed by atoms with Gasteiger partial charge in [-0.25, -0.2) is 0 Å². The topological polar surface area (TPSA) is 60.4 Å². The van der Waals surface area contributed by atoms with Crippen molar-refractivity contribution in [2.75, 3.05) is 31.8 Å². The van der Waals surface area contributed by atoms with Gasteiger partial charge in [-0.15, -0.1) is 0 Å². The van der Waals surface area contributed by atoms with E-state index in [2.05, 4.69) is 15.0 Å². The summed E-state index contributed by atoms with van der Waals surface area (Å²) in [5, 5.41) is 0.155. The zero-order valence-electron chi connectivity index (χ0n) is 10.6. The van der Waals surface area contributed by atoms with Crippen molar-refractivity contribution >= 4 is 17.5 Å². The summed E-state index contributed by atoms with van der Waals surface area (Å²) in [5.74, 6) is 0.547. The Balaban J connectivity index is 2.15. The van der Waals surface area contributed by atoms with Gasteiger partial charge in [0.1, 0.15) is 0 Å². The molecule has 6 nitrogen and oxygen atoms in total. The number of halogens is 1. The maximum absolute atomic E-state index is 5.88. The highest BCUT2D eigenvalue weighted by Gasteiger charge is 2.21. The van der Waals surface area contributed by atoms with Crippen molar-refractivity contribution in [1.82, 2.24) is 15.0 Å². The molecule has 0 radical (unpaired) electrons. The smallest absolute Gasteiger partial charge is 0.322 e. The predicted octanol–water partition coefficient (Wildman–Crippen LogP) is 1.54. The summed E-state index contributed by atoms with van der Waals surface area (Å²) in [5.41, 5.74) is 0. The normalized spacial score (nSPS) is 16.6. The van der Waals surface area contributed by atoms with Crippen LogP contribution in [0.3, 0.4) is 0 Å². The lowest BCUT2D eigenvalue weighted by molar-refractivity contribution is 0.0852. The van der Waals surface area contributed by atoms with Crippen molar-refractivity contribution in [3.8, 4) is 6.01 Å². The van der Waals surface area contributed by atoms with Crippen LogP contribution in [0.4, 0.5) is 5.95 Å². The number of anilines is 1. The van der Waals surface area contributed by atoms with Gasteiger partial charge in [0.05, 0.1) is 6.61 Å². The summed E-state index contributed by atoms with van der Waals surface area (Å²) in [6.07, 6.45) is 1.92. The molecular formula is C11H17ClN4O2. The predicted molar refractivity (Wildman–Crippen MR) is 68.3 cm³/mol. The Labute approximate surface area is 111 Å². The molecule has 0 atom stereocenters. The Hall–Kier alpha value is -1.14. The van der Waals surface area contributed by atoms with Crippen molar-refractivity contribution in [3.05, 3.63) is 5.28 Å². The quantitative estimate of drug-likeness (QED) is 0.829. The van der Waals surface area contributed by atoms with Gasteiger partial charge in [-0.3, -0.25) is 0 Å². The molecule has 1 fully saturated rings. The lowest BCUT2D eigenvalue weighted by Gasteiger charge is -2.31. The van der Waals surface area contributed by atoms with E-state index < -0.39 is 0 Å². The summed E-state index contributed by atoms with van der Waals surface area (Å²) in [7, 11) is 1.96. The van der Waals surface area contributed by atoms with Crippen LogP contribution in [0.1, 0.15) is 19.8 Å². The van der Waals surface area contributed by atoms with E-state index in [1.807, 2.05) is 18.9 Å². The van der Waals surface area contributed by atoms with Crippen LogP contribution in [0.15, 0.2) is 0 Å². The van der Waals surface area contributed by atoms with Gasteiger partial charge in [0.25, 0.3) is 0 Å². The highest BCUT2D eigenvalue weighted by molar-refractivity contribution is 6.28. The fourth-order valence-corrected chi connectivity index (χ4v) is 2.06. The van der Waals surface area contributed by atoms with Crippen molar-refractivity contribution in [1.29, 1.82) is 0 Å². The number of hydrogen-bond acceptors (Lipinski definition) is 6. The molecule has 1 saturated heterocycles. The van der Waals surface area contributed by atoms with E-state index in [0.29, 0.717) is 18.6 Å². The highest BCUT2D eigenvalue weighted by Crippen LogP contribution is 2.20. The summed E-state index contributed by atoms with van der Waals surface area (Å²) in [4.78, 5) is 14.3. The van der Waals surface area contributed by atoms with E-state index in [1.54, 1.807) is 0 Å². The minimum atomic E-state index is 0.155. The Kier molecular flexibility index (Phi) is 4.54. The maximum Gasteiger partial charge on any atom is 0.322 e. The molecule has 100 valence electrons. The van der Waals surface area contributed by atoms with Crippen LogP contribution in [0.2, 0.25) is 5.28 Å². The fourth-order valence-electron chi connectivity index (χ4n) is 1.91. The first-order chi connectivity index (χ1) is 8.70. The van der Waals surface area contributed by atoms with E-state index in [0.717, 1.165) is 26.1 Å². The van der Waals surface area contributed by atoms with E-state index in [9.17, 15) is 0 Å². The van der Waals surface area contributed by atoms with Gasteiger partial charge in [0, 0.05) is 26.3 Å². The average Bonchev–Trinajstić information content (AvgIpc) is 2.38. The standard InChI is InChI=1S/C11H17ClN4O2/c1-3-18-11-14-9(12)13-10(15-11)16(2)8-4-6-17-7-5-8/h8H,3-7H2,1-2H3. The molecule has 1 aromatic heterocycles. The molecule has 0 saturated carbocycles. The fraction of sp³-hybridized carbons (Fsp3) is 0.727. The summed E-state index contributed by atoms with van der Waals surface area (Å²) in [6.45, 7) is 3.92. The second-order valence-electron chi connectivity index (χ2n) is 4.07. The SMILES string of the molecule is CCOc1nc(Cl)nc(N(C)C2CCOCC2)n1. The van der Waals surface area contributed by atoms with Gasteiger partial charge < -0.3 is 14.4 Å². The van der Waals surface area contributed by atoms with Crippen molar-refractivity contribution in [2.45, 2.75) is 25.8 Å². The Bertz CT molecular complexity index is 399. The molecule has 18 heavy (non-hydrogen) atoms. The van der Waals surface area contributed by atoms with E-state index >= 15 is 0 Å². The molecule has 0 aliphatic carbocycles. The van der Waals surface area contributed by atoms with Crippen molar-refractivity contribution in [3.63, 3.8) is 0 Å². The van der Waals surface area contributed by atoms with Crippen LogP contribution in [0.25, 0.3) is 0 Å². The van der Waals surface area contributed by atoms with Gasteiger partial charge in [-0.1, -0.05) is 0 Å². The maximum atomic E-state index is 5.88. The van der Waals surface area contributed by atoms with Gasteiger partial charge in [-0.05, 0) is 31.4 Å². The molecule has 0 spiro atoms. The number of rotatable bonds is 4. The largest absolute Gasteiger partial charge is 0.464 e. The Morgan fingerprint density at radius 1 is 1.33 bits per heavy atom. The summed E-state index contributed by atoms with van der Waals surface area (Å²) >= 11 is 5.88. The van der Waals surface area contributed by atoms with Crippen LogP contribution >= 0.6 is 11.6 Å². The summed E-state index contributed by atoms with van der Waals surface area (Å²) in [6, 6.07) is 0.637. The minimum Gasteiger partial charge on any atom is -0.464 e. The molecule has 0 N–H and O–H groups in total. The molecule has 2 rings (SSSR count). The molecule has 0 unspecified atom stereocenters. The Morgan fingerprint density at radius 2 is 2.06 bits per heavy atom. The second-order valence-corrected chi connectivity index (χ2v) is 4.41. The number of hydrogen-bond donors (Lipinski definition) is 0. The zero-order chi connectivity index (χ0) is 13.0. The third-order valence-corrected chi connectivity index (χ3v) is 3.07. The second kappa shape index (κ2) is 6.15. The van der Waals surface area contributed by atoms with Crippen molar-refractivity contribution in [2.24, 2.45) is 0 Å². The van der Waals surface area contributed by atoms with Gasteiger partial charge in [0.15, 0.2) is 0 Å². The number of nitrogens with zero attached hydrogens (tertiary/aromatic N) is 4. The van der Waals surface area contributed by atoms with Crippen LogP contribution in [-0.4, -0.2) is 47.9 Å². The molecule has 1 aromatic rings. The first-order valence-electron chi connectivity index (χ1n) is 6.05. The van der Waals surface area contributed by atoms with Gasteiger partial charge in [0.2, 0.25) is 11.2 Å². The lowest BCUT2D eigenvalue weighted by atomic mass is 10.1. The molecule has 0 bridgehead atoms. The van der Waals surface area contributed by atoms with Gasteiger partial charge in [-0.2, -0.15) is 15.0 Å². The minimum absolute atomic E-state index is 0.155. The molecule has 2 heterocycles. The molecule has 1 aliphatic heterocycles. The third-order valence-electron chi connectivity index (χ3n) is 2.90. The third kappa shape index (κ3) is 3.20. The first-order valence-corrected chi connectivity index (χ1v) is 6.43. The summed E-state index contributed by atoms with van der Waals surface area (Å²) < 4.78 is 10.6. The Morgan fingerprint density at radius 3 is 2.72 bits per heavy atom. The van der Waals surface area contributed by atoms with E-state index in [4.69, 9.17) is 21.1 Å². The van der Waals surface area contributed by atoms with Crippen LogP contribution in [0, 0.1) is 0 Å². The molecule has 0 aromatic carbocycles. The highest BCUT2D eigenvalue weighted by atomic mass is 35.5. The molecule has 7 heteroatoms. The van der Waals surface area contributed by atoms with Crippen LogP contribution in [-0.2, 0) is 4.74 Å². The van der Waals surface area contributed by atoms with E-state index in [-0.39, 0.29) is 11.3 Å².